The third-order valence-electron chi connectivity index (χ3n) is 5.83. The first-order valence-electron chi connectivity index (χ1n) is 10.5. The number of imidazole rings is 1. The summed E-state index contributed by atoms with van der Waals surface area (Å²) in [5.74, 6) is 0.970. The number of rotatable bonds is 5. The van der Waals surface area contributed by atoms with Crippen LogP contribution in [0.1, 0.15) is 5.69 Å². The smallest absolute Gasteiger partial charge is 0.228 e. The fourth-order valence-corrected chi connectivity index (χ4v) is 4.99. The van der Waals surface area contributed by atoms with Gasteiger partial charge in [0.05, 0.1) is 19.2 Å². The molecule has 0 N–H and O–H groups in total. The molecule has 1 amide bonds. The van der Waals surface area contributed by atoms with Gasteiger partial charge in [-0.25, -0.2) is 4.98 Å². The molecule has 2 aromatic carbocycles. The number of methoxy groups -OCH3 is 1. The molecule has 4 aromatic rings. The Kier molecular flexibility index (Phi) is 5.76. The molecule has 1 aliphatic rings. The maximum atomic E-state index is 13.0. The van der Waals surface area contributed by atoms with Gasteiger partial charge in [0.1, 0.15) is 5.75 Å². The highest BCUT2D eigenvalue weighted by molar-refractivity contribution is 7.15. The van der Waals surface area contributed by atoms with E-state index < -0.39 is 0 Å². The van der Waals surface area contributed by atoms with E-state index in [1.807, 2.05) is 69.4 Å². The van der Waals surface area contributed by atoms with Crippen molar-refractivity contribution in [1.82, 2.24) is 14.3 Å². The molecule has 0 unspecified atom stereocenters. The van der Waals surface area contributed by atoms with Gasteiger partial charge in [-0.2, -0.15) is 0 Å². The van der Waals surface area contributed by atoms with Gasteiger partial charge in [-0.05, 0) is 48.5 Å². The second kappa shape index (κ2) is 8.84. The van der Waals surface area contributed by atoms with Crippen molar-refractivity contribution in [3.05, 3.63) is 70.8 Å². The minimum Gasteiger partial charge on any atom is -0.497 e. The molecule has 0 radical (unpaired) electrons. The molecule has 32 heavy (non-hydrogen) atoms. The predicted molar refractivity (Wildman–Crippen MR) is 129 cm³/mol. The Balaban J connectivity index is 1.25. The summed E-state index contributed by atoms with van der Waals surface area (Å²) in [5, 5.41) is 2.77. The second-order valence-corrected chi connectivity index (χ2v) is 9.03. The first-order valence-corrected chi connectivity index (χ1v) is 11.7. The van der Waals surface area contributed by atoms with E-state index in [-0.39, 0.29) is 5.91 Å². The summed E-state index contributed by atoms with van der Waals surface area (Å²) in [5.41, 5.74) is 4.04. The summed E-state index contributed by atoms with van der Waals surface area (Å²) >= 11 is 7.55. The molecule has 2 aromatic heterocycles. The number of nitrogens with zero attached hydrogens (tertiary/aromatic N) is 4. The lowest BCUT2D eigenvalue weighted by molar-refractivity contribution is -0.130. The Morgan fingerprint density at radius 1 is 1.06 bits per heavy atom. The first kappa shape index (κ1) is 20.8. The zero-order valence-electron chi connectivity index (χ0n) is 17.7. The number of piperazine rings is 1. The average molecular weight is 467 g/mol. The number of carbonyl (C=O) groups is 1. The first-order chi connectivity index (χ1) is 15.6. The number of thiazole rings is 1. The van der Waals surface area contributed by atoms with Gasteiger partial charge in [0.25, 0.3) is 0 Å². The number of amides is 1. The minimum absolute atomic E-state index is 0.153. The molecular weight excluding hydrogens is 444 g/mol. The highest BCUT2D eigenvalue weighted by atomic mass is 35.5. The number of carbonyl (C=O) groups excluding carboxylic acids is 1. The van der Waals surface area contributed by atoms with Gasteiger partial charge in [0.2, 0.25) is 5.91 Å². The lowest BCUT2D eigenvalue weighted by Crippen LogP contribution is -2.49. The highest BCUT2D eigenvalue weighted by Crippen LogP contribution is 2.26. The molecule has 0 atom stereocenters. The standard InChI is InChI=1S/C24H23ClN4O2S/c1-31-21-8-2-17(3-9-21)22-15-29-20(16-32-24(29)26-22)14-23(30)28-12-10-27(11-13-28)19-6-4-18(25)5-7-19/h2-9,15-16H,10-14H2,1H3. The van der Waals surface area contributed by atoms with E-state index in [4.69, 9.17) is 21.3 Å². The molecule has 0 bridgehead atoms. The molecule has 1 fully saturated rings. The van der Waals surface area contributed by atoms with Crippen molar-refractivity contribution in [2.24, 2.45) is 0 Å². The fraction of sp³-hybridized carbons (Fsp3) is 0.250. The summed E-state index contributed by atoms with van der Waals surface area (Å²) in [4.78, 5) is 22.9. The molecular formula is C24H23ClN4O2S. The normalized spacial score (nSPS) is 14.2. The molecule has 1 aliphatic heterocycles. The number of fused-ring (bicyclic) bond motifs is 1. The largest absolute Gasteiger partial charge is 0.497 e. The van der Waals surface area contributed by atoms with Crippen molar-refractivity contribution >= 4 is 39.5 Å². The van der Waals surface area contributed by atoms with Gasteiger partial charge in [0, 0.05) is 59.7 Å². The van der Waals surface area contributed by atoms with Crippen LogP contribution in [-0.2, 0) is 11.2 Å². The second-order valence-electron chi connectivity index (χ2n) is 7.76. The topological polar surface area (TPSA) is 50.1 Å². The van der Waals surface area contributed by atoms with Crippen molar-refractivity contribution in [3.63, 3.8) is 0 Å². The Morgan fingerprint density at radius 2 is 1.78 bits per heavy atom. The SMILES string of the molecule is COc1ccc(-c2cn3c(CC(=O)N4CCN(c5ccc(Cl)cc5)CC4)csc3n2)cc1. The summed E-state index contributed by atoms with van der Waals surface area (Å²) in [7, 11) is 1.66. The van der Waals surface area contributed by atoms with E-state index in [0.29, 0.717) is 6.42 Å². The van der Waals surface area contributed by atoms with E-state index >= 15 is 0 Å². The van der Waals surface area contributed by atoms with E-state index in [2.05, 4.69) is 4.90 Å². The van der Waals surface area contributed by atoms with Crippen LogP contribution >= 0.6 is 22.9 Å². The van der Waals surface area contributed by atoms with E-state index in [9.17, 15) is 4.79 Å². The predicted octanol–water partition coefficient (Wildman–Crippen LogP) is 4.62. The fourth-order valence-electron chi connectivity index (χ4n) is 3.99. The van der Waals surface area contributed by atoms with Gasteiger partial charge < -0.3 is 14.5 Å². The highest BCUT2D eigenvalue weighted by Gasteiger charge is 2.22. The van der Waals surface area contributed by atoms with Crippen molar-refractivity contribution in [2.45, 2.75) is 6.42 Å². The Morgan fingerprint density at radius 3 is 2.47 bits per heavy atom. The number of aromatic nitrogens is 2. The lowest BCUT2D eigenvalue weighted by atomic mass is 10.1. The van der Waals surface area contributed by atoms with Crippen LogP contribution in [0.2, 0.25) is 5.02 Å². The number of anilines is 1. The average Bonchev–Trinajstić information content (AvgIpc) is 3.42. The summed E-state index contributed by atoms with van der Waals surface area (Å²) < 4.78 is 7.27. The monoisotopic (exact) mass is 466 g/mol. The zero-order valence-corrected chi connectivity index (χ0v) is 19.3. The van der Waals surface area contributed by atoms with Gasteiger partial charge >= 0.3 is 0 Å². The van der Waals surface area contributed by atoms with Crippen LogP contribution in [0, 0.1) is 0 Å². The van der Waals surface area contributed by atoms with Crippen molar-refractivity contribution in [3.8, 4) is 17.0 Å². The van der Waals surface area contributed by atoms with E-state index in [1.165, 1.54) is 0 Å². The molecule has 0 spiro atoms. The number of ether oxygens (including phenoxy) is 1. The molecule has 0 saturated carbocycles. The molecule has 3 heterocycles. The lowest BCUT2D eigenvalue weighted by Gasteiger charge is -2.36. The third-order valence-corrected chi connectivity index (χ3v) is 6.97. The van der Waals surface area contributed by atoms with E-state index in [0.717, 1.165) is 64.6 Å². The molecule has 0 aliphatic carbocycles. The van der Waals surface area contributed by atoms with Gasteiger partial charge in [-0.15, -0.1) is 11.3 Å². The summed E-state index contributed by atoms with van der Waals surface area (Å²) in [6.07, 6.45) is 2.38. The number of hydrogen-bond donors (Lipinski definition) is 0. The number of benzene rings is 2. The number of hydrogen-bond acceptors (Lipinski definition) is 5. The maximum absolute atomic E-state index is 13.0. The number of halogens is 1. The van der Waals surface area contributed by atoms with Crippen LogP contribution in [0.5, 0.6) is 5.75 Å². The maximum Gasteiger partial charge on any atom is 0.228 e. The van der Waals surface area contributed by atoms with Crippen LogP contribution in [0.25, 0.3) is 16.2 Å². The third kappa shape index (κ3) is 4.18. The minimum atomic E-state index is 0.153. The molecule has 1 saturated heterocycles. The van der Waals surface area contributed by atoms with Crippen molar-refractivity contribution in [2.75, 3.05) is 38.2 Å². The zero-order chi connectivity index (χ0) is 22.1. The van der Waals surface area contributed by atoms with Crippen LogP contribution in [-0.4, -0.2) is 53.5 Å². The van der Waals surface area contributed by atoms with Gasteiger partial charge in [-0.1, -0.05) is 11.6 Å². The Bertz CT molecular complexity index is 1230. The summed E-state index contributed by atoms with van der Waals surface area (Å²) in [6, 6.07) is 15.7. The summed E-state index contributed by atoms with van der Waals surface area (Å²) in [6.45, 7) is 3.07. The molecule has 6 nitrogen and oxygen atoms in total. The van der Waals surface area contributed by atoms with Crippen LogP contribution in [0.3, 0.4) is 0 Å². The Labute approximate surface area is 195 Å². The molecule has 5 rings (SSSR count). The van der Waals surface area contributed by atoms with Crippen LogP contribution < -0.4 is 9.64 Å². The van der Waals surface area contributed by atoms with Crippen LogP contribution in [0.4, 0.5) is 5.69 Å². The van der Waals surface area contributed by atoms with E-state index in [1.54, 1.807) is 18.4 Å². The van der Waals surface area contributed by atoms with Crippen molar-refractivity contribution < 1.29 is 9.53 Å². The van der Waals surface area contributed by atoms with Crippen molar-refractivity contribution in [1.29, 1.82) is 0 Å². The Hall–Kier alpha value is -3.03. The van der Waals surface area contributed by atoms with Crippen LogP contribution in [0.15, 0.2) is 60.1 Å². The molecule has 8 heteroatoms. The van der Waals surface area contributed by atoms with Gasteiger partial charge in [0.15, 0.2) is 4.96 Å². The quantitative estimate of drug-likeness (QED) is 0.431. The molecule has 164 valence electrons. The van der Waals surface area contributed by atoms with Gasteiger partial charge in [-0.3, -0.25) is 9.20 Å².